The Bertz CT molecular complexity index is 794. The Morgan fingerprint density at radius 2 is 1.65 bits per heavy atom. The fourth-order valence-corrected chi connectivity index (χ4v) is 8.80. The first-order valence-corrected chi connectivity index (χ1v) is 13.2. The summed E-state index contributed by atoms with van der Waals surface area (Å²) >= 11 is 0. The lowest BCUT2D eigenvalue weighted by Crippen LogP contribution is -2.66. The van der Waals surface area contributed by atoms with E-state index in [1.165, 1.54) is 16.8 Å². The summed E-state index contributed by atoms with van der Waals surface area (Å²) in [6.45, 7) is 12.7. The summed E-state index contributed by atoms with van der Waals surface area (Å²) < 4.78 is 18.5. The Morgan fingerprint density at radius 1 is 1.03 bits per heavy atom. The van der Waals surface area contributed by atoms with Gasteiger partial charge in [-0.25, -0.2) is 0 Å². The van der Waals surface area contributed by atoms with Gasteiger partial charge in [-0.15, -0.1) is 0 Å². The molecule has 0 saturated carbocycles. The highest BCUT2D eigenvalue weighted by Crippen LogP contribution is 2.37. The monoisotopic (exact) mass is 436 g/mol. The molecule has 0 N–H and O–H groups in total. The van der Waals surface area contributed by atoms with Crippen molar-refractivity contribution >= 4 is 18.7 Å². The summed E-state index contributed by atoms with van der Waals surface area (Å²) in [5.74, 6) is 0. The quantitative estimate of drug-likeness (QED) is 0.398. The molecule has 0 aliphatic carbocycles. The number of ether oxygens (including phenoxy) is 2. The number of benzene rings is 2. The third kappa shape index (κ3) is 5.83. The van der Waals surface area contributed by atoms with Crippen LogP contribution in [-0.2, 0) is 13.9 Å². The predicted molar refractivity (Wildman–Crippen MR) is 131 cm³/mol. The predicted octanol–water partition coefficient (Wildman–Crippen LogP) is 5.22. The van der Waals surface area contributed by atoms with Gasteiger partial charge in [0.1, 0.15) is 0 Å². The van der Waals surface area contributed by atoms with E-state index in [0.29, 0.717) is 13.2 Å². The second kappa shape index (κ2) is 11.1. The maximum atomic E-state index is 6.97. The molecule has 1 saturated heterocycles. The van der Waals surface area contributed by atoms with Gasteiger partial charge in [0.2, 0.25) is 0 Å². The van der Waals surface area contributed by atoms with Gasteiger partial charge in [0.15, 0.2) is 6.29 Å². The maximum Gasteiger partial charge on any atom is 0.261 e. The molecule has 1 aliphatic rings. The zero-order valence-corrected chi connectivity index (χ0v) is 20.2. The number of hydrogen-bond donors (Lipinski definition) is 0. The average Bonchev–Trinajstić information content (AvgIpc) is 2.79. The standard InChI is InChI=1S/C27H36O3Si/c1-5-23(19-21-29-26-18-12-13-20-28-26)22-30-31(27(2,3)4,24-14-8-6-9-15-24)25-16-10-7-11-17-25/h5-11,14-17,19,26H,1,12-13,18,20-22H2,2-4H3/b23-19+. The van der Waals surface area contributed by atoms with Crippen LogP contribution in [-0.4, -0.2) is 34.4 Å². The minimum absolute atomic E-state index is 0.0472. The normalized spacial score (nSPS) is 18.0. The van der Waals surface area contributed by atoms with Crippen LogP contribution in [0, 0.1) is 0 Å². The lowest BCUT2D eigenvalue weighted by molar-refractivity contribution is -0.155. The smallest absolute Gasteiger partial charge is 0.261 e. The Kier molecular flexibility index (Phi) is 8.44. The molecule has 1 aliphatic heterocycles. The van der Waals surface area contributed by atoms with Gasteiger partial charge in [-0.2, -0.15) is 0 Å². The molecule has 0 radical (unpaired) electrons. The second-order valence-corrected chi connectivity index (χ2v) is 13.4. The van der Waals surface area contributed by atoms with Gasteiger partial charge in [-0.3, -0.25) is 0 Å². The molecule has 1 atom stereocenters. The van der Waals surface area contributed by atoms with Gasteiger partial charge in [-0.05, 0) is 40.2 Å². The lowest BCUT2D eigenvalue weighted by Gasteiger charge is -2.43. The zero-order chi connectivity index (χ0) is 22.2. The summed E-state index contributed by atoms with van der Waals surface area (Å²) in [4.78, 5) is 0. The van der Waals surface area contributed by atoms with Crippen LogP contribution in [0.25, 0.3) is 0 Å². The van der Waals surface area contributed by atoms with E-state index < -0.39 is 8.32 Å². The Hall–Kier alpha value is -1.98. The van der Waals surface area contributed by atoms with Crippen LogP contribution in [0.4, 0.5) is 0 Å². The van der Waals surface area contributed by atoms with E-state index in [2.05, 4.69) is 94.1 Å². The van der Waals surface area contributed by atoms with Gasteiger partial charge in [0.05, 0.1) is 13.2 Å². The zero-order valence-electron chi connectivity index (χ0n) is 19.2. The molecular formula is C27H36O3Si. The minimum atomic E-state index is -2.55. The fraction of sp³-hybridized carbons (Fsp3) is 0.407. The Labute approximate surface area is 188 Å². The summed E-state index contributed by atoms with van der Waals surface area (Å²) in [6, 6.07) is 21.4. The van der Waals surface area contributed by atoms with Gasteiger partial charge < -0.3 is 13.9 Å². The van der Waals surface area contributed by atoms with Crippen LogP contribution in [0.5, 0.6) is 0 Å². The molecule has 2 aromatic rings. The van der Waals surface area contributed by atoms with E-state index in [1.54, 1.807) is 0 Å². The van der Waals surface area contributed by atoms with Crippen molar-refractivity contribution < 1.29 is 13.9 Å². The third-order valence-electron chi connectivity index (χ3n) is 5.90. The first-order valence-electron chi connectivity index (χ1n) is 11.3. The molecule has 2 aromatic carbocycles. The van der Waals surface area contributed by atoms with Gasteiger partial charge in [0, 0.05) is 6.61 Å². The molecule has 0 amide bonds. The van der Waals surface area contributed by atoms with Crippen molar-refractivity contribution in [1.29, 1.82) is 0 Å². The molecule has 3 nitrogen and oxygen atoms in total. The molecule has 1 fully saturated rings. The van der Waals surface area contributed by atoms with Gasteiger partial charge in [-0.1, -0.05) is 100 Å². The van der Waals surface area contributed by atoms with E-state index >= 15 is 0 Å². The third-order valence-corrected chi connectivity index (χ3v) is 10.9. The SMILES string of the molecule is C=C/C(=C\COC1CCCCO1)CO[Si](c1ccccc1)(c1ccccc1)C(C)(C)C. The number of rotatable bonds is 9. The first-order chi connectivity index (χ1) is 15.0. The fourth-order valence-electron chi connectivity index (χ4n) is 4.26. The van der Waals surface area contributed by atoms with Crippen LogP contribution in [0.1, 0.15) is 40.0 Å². The second-order valence-electron chi connectivity index (χ2n) is 9.06. The lowest BCUT2D eigenvalue weighted by atomic mass is 10.2. The van der Waals surface area contributed by atoms with Crippen molar-refractivity contribution in [3.05, 3.63) is 85.0 Å². The van der Waals surface area contributed by atoms with Crippen molar-refractivity contribution in [2.45, 2.75) is 51.4 Å². The first kappa shape index (κ1) is 23.7. The molecule has 1 unspecified atom stereocenters. The van der Waals surface area contributed by atoms with E-state index in [4.69, 9.17) is 13.9 Å². The maximum absolute atomic E-state index is 6.97. The Morgan fingerprint density at radius 3 is 2.13 bits per heavy atom. The largest absolute Gasteiger partial charge is 0.403 e. The van der Waals surface area contributed by atoms with Crippen molar-refractivity contribution in [1.82, 2.24) is 0 Å². The highest BCUT2D eigenvalue weighted by Gasteiger charge is 2.50. The van der Waals surface area contributed by atoms with Crippen LogP contribution >= 0.6 is 0 Å². The average molecular weight is 437 g/mol. The highest BCUT2D eigenvalue weighted by molar-refractivity contribution is 6.99. The van der Waals surface area contributed by atoms with Crippen LogP contribution in [0.15, 0.2) is 85.0 Å². The van der Waals surface area contributed by atoms with Crippen molar-refractivity contribution in [3.8, 4) is 0 Å². The summed E-state index contributed by atoms with van der Waals surface area (Å²) in [6.07, 6.45) is 7.12. The van der Waals surface area contributed by atoms with Crippen molar-refractivity contribution in [2.24, 2.45) is 0 Å². The molecule has 3 rings (SSSR count). The molecule has 0 spiro atoms. The summed E-state index contributed by atoms with van der Waals surface area (Å²) in [5.41, 5.74) is 1.05. The molecule has 31 heavy (non-hydrogen) atoms. The minimum Gasteiger partial charge on any atom is -0.403 e. The summed E-state index contributed by atoms with van der Waals surface area (Å²) in [7, 11) is -2.55. The van der Waals surface area contributed by atoms with E-state index in [1.807, 2.05) is 6.08 Å². The number of hydrogen-bond acceptors (Lipinski definition) is 3. The molecule has 1 heterocycles. The van der Waals surface area contributed by atoms with E-state index in [0.717, 1.165) is 25.0 Å². The topological polar surface area (TPSA) is 27.7 Å². The molecule has 0 aromatic heterocycles. The van der Waals surface area contributed by atoms with Crippen LogP contribution in [0.3, 0.4) is 0 Å². The van der Waals surface area contributed by atoms with E-state index in [-0.39, 0.29) is 11.3 Å². The van der Waals surface area contributed by atoms with Crippen molar-refractivity contribution in [3.63, 3.8) is 0 Å². The Balaban J connectivity index is 1.84. The van der Waals surface area contributed by atoms with Gasteiger partial charge in [0.25, 0.3) is 8.32 Å². The highest BCUT2D eigenvalue weighted by atomic mass is 28.4. The van der Waals surface area contributed by atoms with Crippen LogP contribution in [0.2, 0.25) is 5.04 Å². The van der Waals surface area contributed by atoms with E-state index in [9.17, 15) is 0 Å². The molecule has 0 bridgehead atoms. The summed E-state index contributed by atoms with van der Waals surface area (Å²) in [5, 5.41) is 2.52. The van der Waals surface area contributed by atoms with Gasteiger partial charge >= 0.3 is 0 Å². The molecule has 4 heteroatoms. The van der Waals surface area contributed by atoms with Crippen molar-refractivity contribution in [2.75, 3.05) is 19.8 Å². The molecular weight excluding hydrogens is 400 g/mol. The van der Waals surface area contributed by atoms with Crippen LogP contribution < -0.4 is 10.4 Å². The molecule has 166 valence electrons.